The first-order valence-corrected chi connectivity index (χ1v) is 10.7. The summed E-state index contributed by atoms with van der Waals surface area (Å²) >= 11 is 0. The molecule has 1 spiro atoms. The van der Waals surface area contributed by atoms with Crippen molar-refractivity contribution in [2.75, 3.05) is 26.2 Å². The van der Waals surface area contributed by atoms with Gasteiger partial charge in [-0.25, -0.2) is 0 Å². The zero-order valence-corrected chi connectivity index (χ0v) is 16.5. The molecule has 4 heteroatoms. The van der Waals surface area contributed by atoms with Crippen molar-refractivity contribution in [2.24, 2.45) is 5.41 Å². The fourth-order valence-corrected chi connectivity index (χ4v) is 5.29. The molecule has 1 aromatic carbocycles. The monoisotopic (exact) mass is 375 g/mol. The SMILES string of the molecule is O=C(c1ccccn1)N1CCC2(CC1)C[C@H](c1ccccc1)CN(C1CC1)C2. The highest BCUT2D eigenvalue weighted by Gasteiger charge is 2.46. The molecule has 2 aromatic rings. The first-order valence-electron chi connectivity index (χ1n) is 10.7. The number of carbonyl (C=O) groups is 1. The topological polar surface area (TPSA) is 36.4 Å². The van der Waals surface area contributed by atoms with Crippen LogP contribution < -0.4 is 0 Å². The highest BCUT2D eigenvalue weighted by molar-refractivity contribution is 5.92. The molecule has 1 amide bonds. The molecule has 3 fully saturated rings. The second-order valence-corrected chi connectivity index (χ2v) is 8.98. The summed E-state index contributed by atoms with van der Waals surface area (Å²) in [6, 6.07) is 17.4. The lowest BCUT2D eigenvalue weighted by Crippen LogP contribution is -2.53. The molecule has 1 atom stereocenters. The van der Waals surface area contributed by atoms with E-state index in [-0.39, 0.29) is 5.91 Å². The third kappa shape index (κ3) is 3.58. The van der Waals surface area contributed by atoms with Gasteiger partial charge < -0.3 is 4.90 Å². The summed E-state index contributed by atoms with van der Waals surface area (Å²) < 4.78 is 0. The van der Waals surface area contributed by atoms with E-state index in [1.165, 1.54) is 37.9 Å². The molecule has 1 aromatic heterocycles. The van der Waals surface area contributed by atoms with Crippen LogP contribution in [0.4, 0.5) is 0 Å². The van der Waals surface area contributed by atoms with Gasteiger partial charge in [-0.3, -0.25) is 14.7 Å². The van der Waals surface area contributed by atoms with Crippen molar-refractivity contribution in [2.45, 2.75) is 44.1 Å². The second-order valence-electron chi connectivity index (χ2n) is 8.98. The van der Waals surface area contributed by atoms with Gasteiger partial charge in [-0.15, -0.1) is 0 Å². The van der Waals surface area contributed by atoms with Gasteiger partial charge in [0.25, 0.3) is 5.91 Å². The largest absolute Gasteiger partial charge is 0.337 e. The molecular formula is C24H29N3O. The quantitative estimate of drug-likeness (QED) is 0.815. The van der Waals surface area contributed by atoms with Gasteiger partial charge in [0.15, 0.2) is 0 Å². The zero-order chi connectivity index (χ0) is 19.0. The Morgan fingerprint density at radius 1 is 1.00 bits per heavy atom. The number of benzene rings is 1. The van der Waals surface area contributed by atoms with Crippen LogP contribution in [0.5, 0.6) is 0 Å². The van der Waals surface area contributed by atoms with Crippen LogP contribution in [0.1, 0.15) is 54.1 Å². The van der Waals surface area contributed by atoms with Gasteiger partial charge in [-0.1, -0.05) is 36.4 Å². The van der Waals surface area contributed by atoms with Gasteiger partial charge in [0, 0.05) is 38.4 Å². The number of amides is 1. The molecule has 146 valence electrons. The number of piperidine rings is 2. The van der Waals surface area contributed by atoms with E-state index in [1.807, 2.05) is 23.1 Å². The normalized spacial score (nSPS) is 25.0. The van der Waals surface area contributed by atoms with Crippen molar-refractivity contribution in [3.05, 3.63) is 66.0 Å². The van der Waals surface area contributed by atoms with Gasteiger partial charge in [0.1, 0.15) is 5.69 Å². The maximum Gasteiger partial charge on any atom is 0.272 e. The Morgan fingerprint density at radius 2 is 1.75 bits per heavy atom. The molecule has 0 bridgehead atoms. The van der Waals surface area contributed by atoms with Crippen LogP contribution >= 0.6 is 0 Å². The number of nitrogens with zero attached hydrogens (tertiary/aromatic N) is 3. The maximum absolute atomic E-state index is 12.8. The van der Waals surface area contributed by atoms with E-state index < -0.39 is 0 Å². The standard InChI is InChI=1S/C24H29N3O/c28-23(22-8-4-5-13-25-22)26-14-11-24(12-15-26)16-20(19-6-2-1-3-7-19)17-27(18-24)21-9-10-21/h1-8,13,20-21H,9-12,14-18H2/t20-/m0/s1. The molecule has 3 aliphatic rings. The van der Waals surface area contributed by atoms with E-state index in [1.54, 1.807) is 6.20 Å². The molecule has 2 aliphatic heterocycles. The molecule has 1 aliphatic carbocycles. The number of carbonyl (C=O) groups excluding carboxylic acids is 1. The number of rotatable bonds is 3. The summed E-state index contributed by atoms with van der Waals surface area (Å²) in [6.07, 6.45) is 7.91. The predicted octanol–water partition coefficient (Wildman–Crippen LogP) is 3.96. The molecule has 0 N–H and O–H groups in total. The molecule has 0 radical (unpaired) electrons. The summed E-state index contributed by atoms with van der Waals surface area (Å²) in [4.78, 5) is 21.8. The Bertz CT molecular complexity index is 810. The van der Waals surface area contributed by atoms with Gasteiger partial charge in [0.2, 0.25) is 0 Å². The van der Waals surface area contributed by atoms with Gasteiger partial charge >= 0.3 is 0 Å². The number of aromatic nitrogens is 1. The first-order chi connectivity index (χ1) is 13.7. The minimum absolute atomic E-state index is 0.0879. The summed E-state index contributed by atoms with van der Waals surface area (Å²) in [7, 11) is 0. The lowest BCUT2D eigenvalue weighted by Gasteiger charge is -2.50. The van der Waals surface area contributed by atoms with Crippen molar-refractivity contribution in [1.29, 1.82) is 0 Å². The van der Waals surface area contributed by atoms with Crippen molar-refractivity contribution in [1.82, 2.24) is 14.8 Å². The average molecular weight is 376 g/mol. The Kier molecular flexibility index (Phi) is 4.67. The van der Waals surface area contributed by atoms with E-state index >= 15 is 0 Å². The van der Waals surface area contributed by atoms with E-state index in [2.05, 4.69) is 40.2 Å². The number of hydrogen-bond donors (Lipinski definition) is 0. The van der Waals surface area contributed by atoms with Crippen molar-refractivity contribution in [3.63, 3.8) is 0 Å². The van der Waals surface area contributed by atoms with Crippen molar-refractivity contribution in [3.8, 4) is 0 Å². The fraction of sp³-hybridized carbons (Fsp3) is 0.500. The van der Waals surface area contributed by atoms with Gasteiger partial charge in [-0.05, 0) is 61.1 Å². The van der Waals surface area contributed by atoms with E-state index in [0.29, 0.717) is 17.0 Å². The third-order valence-electron chi connectivity index (χ3n) is 7.00. The predicted molar refractivity (Wildman–Crippen MR) is 110 cm³/mol. The molecule has 1 saturated carbocycles. The molecular weight excluding hydrogens is 346 g/mol. The van der Waals surface area contributed by atoms with E-state index in [4.69, 9.17) is 0 Å². The van der Waals surface area contributed by atoms with Gasteiger partial charge in [0.05, 0.1) is 0 Å². The number of pyridine rings is 1. The number of likely N-dealkylation sites (tertiary alicyclic amines) is 2. The maximum atomic E-state index is 12.8. The molecule has 3 heterocycles. The minimum atomic E-state index is 0.0879. The summed E-state index contributed by atoms with van der Waals surface area (Å²) in [6.45, 7) is 4.13. The molecule has 28 heavy (non-hydrogen) atoms. The van der Waals surface area contributed by atoms with Crippen LogP contribution in [-0.2, 0) is 0 Å². The van der Waals surface area contributed by atoms with Crippen LogP contribution in [0, 0.1) is 5.41 Å². The van der Waals surface area contributed by atoms with Gasteiger partial charge in [-0.2, -0.15) is 0 Å². The smallest absolute Gasteiger partial charge is 0.272 e. The molecule has 2 saturated heterocycles. The van der Waals surface area contributed by atoms with E-state index in [0.717, 1.165) is 32.0 Å². The lowest BCUT2D eigenvalue weighted by molar-refractivity contribution is 0.0109. The zero-order valence-electron chi connectivity index (χ0n) is 16.5. The summed E-state index contributed by atoms with van der Waals surface area (Å²) in [5.41, 5.74) is 2.41. The Morgan fingerprint density at radius 3 is 2.43 bits per heavy atom. The Hall–Kier alpha value is -2.20. The van der Waals surface area contributed by atoms with Crippen LogP contribution in [0.25, 0.3) is 0 Å². The van der Waals surface area contributed by atoms with Crippen molar-refractivity contribution < 1.29 is 4.79 Å². The highest BCUT2D eigenvalue weighted by Crippen LogP contribution is 2.47. The van der Waals surface area contributed by atoms with Crippen LogP contribution in [0.15, 0.2) is 54.7 Å². The molecule has 4 nitrogen and oxygen atoms in total. The average Bonchev–Trinajstić information content (AvgIpc) is 3.60. The van der Waals surface area contributed by atoms with Crippen molar-refractivity contribution >= 4 is 5.91 Å². The lowest BCUT2D eigenvalue weighted by atomic mass is 9.68. The van der Waals surface area contributed by atoms with E-state index in [9.17, 15) is 4.79 Å². The summed E-state index contributed by atoms with van der Waals surface area (Å²) in [5, 5.41) is 0. The fourth-order valence-electron chi connectivity index (χ4n) is 5.29. The summed E-state index contributed by atoms with van der Waals surface area (Å²) in [5.74, 6) is 0.707. The molecule has 5 rings (SSSR count). The third-order valence-corrected chi connectivity index (χ3v) is 7.00. The van der Waals surface area contributed by atoms with Crippen LogP contribution in [-0.4, -0.2) is 52.9 Å². The minimum Gasteiger partial charge on any atom is -0.337 e. The van der Waals surface area contributed by atoms with Crippen LogP contribution in [0.2, 0.25) is 0 Å². The second kappa shape index (κ2) is 7.32. The Balaban J connectivity index is 1.31. The first kappa shape index (κ1) is 17.9. The Labute approximate surface area is 167 Å². The molecule has 0 unspecified atom stereocenters. The van der Waals surface area contributed by atoms with Crippen LogP contribution in [0.3, 0.4) is 0 Å². The number of hydrogen-bond acceptors (Lipinski definition) is 3. The highest BCUT2D eigenvalue weighted by atomic mass is 16.2.